The van der Waals surface area contributed by atoms with Gasteiger partial charge in [0.1, 0.15) is 6.07 Å². The van der Waals surface area contributed by atoms with Gasteiger partial charge in [-0.2, -0.15) is 10.4 Å². The largest absolute Gasteiger partial charge is 0.266 e. The summed E-state index contributed by atoms with van der Waals surface area (Å²) in [4.78, 5) is 0.909. The second-order valence-electron chi connectivity index (χ2n) is 4.02. The average Bonchev–Trinajstić information content (AvgIpc) is 2.89. The number of aryl methyl sites for hydroxylation is 1. The summed E-state index contributed by atoms with van der Waals surface area (Å²) >= 11 is 11.1. The molecule has 0 amide bonds. The molecule has 2 heterocycles. The van der Waals surface area contributed by atoms with E-state index in [2.05, 4.69) is 27.1 Å². The van der Waals surface area contributed by atoms with Crippen LogP contribution in [0.15, 0.2) is 28.9 Å². The summed E-state index contributed by atoms with van der Waals surface area (Å²) in [5.74, 6) is 0. The monoisotopic (exact) mass is 351 g/mol. The van der Waals surface area contributed by atoms with Crippen molar-refractivity contribution < 1.29 is 0 Å². The molecular formula is C13H7BrClN3S. The smallest absolute Gasteiger partial charge is 0.101 e. The van der Waals surface area contributed by atoms with Gasteiger partial charge >= 0.3 is 0 Å². The van der Waals surface area contributed by atoms with E-state index in [1.165, 1.54) is 0 Å². The first-order valence-corrected chi connectivity index (χ1v) is 7.40. The number of hydrogen-bond donors (Lipinski definition) is 0. The predicted octanol–water partition coefficient (Wildman–Crippen LogP) is 4.59. The first-order valence-electron chi connectivity index (χ1n) is 5.42. The van der Waals surface area contributed by atoms with E-state index in [4.69, 9.17) is 11.6 Å². The third kappa shape index (κ3) is 1.96. The number of benzene rings is 1. The van der Waals surface area contributed by atoms with E-state index in [1.807, 2.05) is 25.2 Å². The van der Waals surface area contributed by atoms with Crippen LogP contribution in [0.2, 0.25) is 5.02 Å². The van der Waals surface area contributed by atoms with E-state index in [1.54, 1.807) is 22.2 Å². The lowest BCUT2D eigenvalue weighted by Crippen LogP contribution is -1.93. The van der Waals surface area contributed by atoms with Gasteiger partial charge in [-0.3, -0.25) is 4.68 Å². The highest BCUT2D eigenvalue weighted by molar-refractivity contribution is 9.10. The summed E-state index contributed by atoms with van der Waals surface area (Å²) in [6.45, 7) is 0. The van der Waals surface area contributed by atoms with Gasteiger partial charge in [-0.15, -0.1) is 11.3 Å². The quantitative estimate of drug-likeness (QED) is 0.643. The van der Waals surface area contributed by atoms with Gasteiger partial charge in [0.2, 0.25) is 0 Å². The van der Waals surface area contributed by atoms with E-state index in [0.717, 1.165) is 25.1 Å². The number of nitriles is 1. The molecule has 0 bridgehead atoms. The Morgan fingerprint density at radius 1 is 1.47 bits per heavy atom. The highest BCUT2D eigenvalue weighted by atomic mass is 79.9. The summed E-state index contributed by atoms with van der Waals surface area (Å²) in [6.07, 6.45) is 1.73. The van der Waals surface area contributed by atoms with Crippen LogP contribution in [-0.4, -0.2) is 9.78 Å². The third-order valence-corrected chi connectivity index (χ3v) is 4.86. The van der Waals surface area contributed by atoms with E-state index in [9.17, 15) is 5.26 Å². The minimum Gasteiger partial charge on any atom is -0.266 e. The Kier molecular flexibility index (Phi) is 3.09. The van der Waals surface area contributed by atoms with Crippen molar-refractivity contribution in [3.8, 4) is 16.6 Å². The van der Waals surface area contributed by atoms with Crippen molar-refractivity contribution in [3.05, 3.63) is 39.5 Å². The Bertz CT molecular complexity index is 809. The predicted molar refractivity (Wildman–Crippen MR) is 81.5 cm³/mol. The fourth-order valence-corrected chi connectivity index (χ4v) is 4.09. The van der Waals surface area contributed by atoms with Crippen molar-refractivity contribution in [2.45, 2.75) is 0 Å². The number of halogens is 2. The van der Waals surface area contributed by atoms with Gasteiger partial charge in [0.25, 0.3) is 0 Å². The second-order valence-corrected chi connectivity index (χ2v) is 6.37. The van der Waals surface area contributed by atoms with Gasteiger partial charge in [0.15, 0.2) is 0 Å². The molecule has 94 valence electrons. The van der Waals surface area contributed by atoms with Crippen LogP contribution < -0.4 is 0 Å². The zero-order valence-electron chi connectivity index (χ0n) is 9.82. The molecule has 0 radical (unpaired) electrons. The topological polar surface area (TPSA) is 41.6 Å². The van der Waals surface area contributed by atoms with Crippen LogP contribution in [-0.2, 0) is 7.05 Å². The lowest BCUT2D eigenvalue weighted by Gasteiger charge is -2.00. The van der Waals surface area contributed by atoms with Gasteiger partial charge in [0.05, 0.1) is 26.8 Å². The molecule has 3 aromatic rings. The van der Waals surface area contributed by atoms with Crippen molar-refractivity contribution in [2.24, 2.45) is 7.05 Å². The molecule has 3 nitrogen and oxygen atoms in total. The number of rotatable bonds is 1. The molecule has 19 heavy (non-hydrogen) atoms. The number of aromatic nitrogens is 2. The summed E-state index contributed by atoms with van der Waals surface area (Å²) in [5.41, 5.74) is 1.56. The van der Waals surface area contributed by atoms with E-state index < -0.39 is 0 Å². The molecule has 3 rings (SSSR count). The molecule has 0 unspecified atom stereocenters. The number of nitrogens with zero attached hydrogens (tertiary/aromatic N) is 3. The van der Waals surface area contributed by atoms with Crippen LogP contribution in [0.4, 0.5) is 0 Å². The van der Waals surface area contributed by atoms with Gasteiger partial charge in [-0.25, -0.2) is 0 Å². The zero-order chi connectivity index (χ0) is 13.6. The first kappa shape index (κ1) is 12.7. The van der Waals surface area contributed by atoms with Crippen molar-refractivity contribution in [3.63, 3.8) is 0 Å². The molecular weight excluding hydrogens is 346 g/mol. The van der Waals surface area contributed by atoms with E-state index in [-0.39, 0.29) is 0 Å². The van der Waals surface area contributed by atoms with Crippen LogP contribution in [0.25, 0.3) is 20.7 Å². The first-order chi connectivity index (χ1) is 9.11. The minimum absolute atomic E-state index is 0.637. The third-order valence-electron chi connectivity index (χ3n) is 2.87. The zero-order valence-corrected chi connectivity index (χ0v) is 13.0. The lowest BCUT2D eigenvalue weighted by atomic mass is 10.1. The number of thiophene rings is 1. The standard InChI is InChI=1S/C13H7BrClN3S/c1-18-12(10(14)6-17-18)13-9(5-16)8-4-7(15)2-3-11(8)19-13/h2-4,6H,1H3. The van der Waals surface area contributed by atoms with Crippen LogP contribution in [0, 0.1) is 11.3 Å². The number of hydrogen-bond acceptors (Lipinski definition) is 3. The summed E-state index contributed by atoms with van der Waals surface area (Å²) in [6, 6.07) is 7.89. The Morgan fingerprint density at radius 3 is 2.89 bits per heavy atom. The Morgan fingerprint density at radius 2 is 2.26 bits per heavy atom. The van der Waals surface area contributed by atoms with Crippen LogP contribution in [0.3, 0.4) is 0 Å². The fraction of sp³-hybridized carbons (Fsp3) is 0.0769. The SMILES string of the molecule is Cn1ncc(Br)c1-c1sc2ccc(Cl)cc2c1C#N. The fourth-order valence-electron chi connectivity index (χ4n) is 2.01. The Labute approximate surface area is 127 Å². The molecule has 0 spiro atoms. The summed E-state index contributed by atoms with van der Waals surface area (Å²) in [5, 5.41) is 15.2. The van der Waals surface area contributed by atoms with Gasteiger partial charge in [0, 0.05) is 22.2 Å². The van der Waals surface area contributed by atoms with Crippen molar-refractivity contribution >= 4 is 49.0 Å². The van der Waals surface area contributed by atoms with Crippen LogP contribution in [0.5, 0.6) is 0 Å². The van der Waals surface area contributed by atoms with Crippen LogP contribution >= 0.6 is 38.9 Å². The van der Waals surface area contributed by atoms with E-state index in [0.29, 0.717) is 10.6 Å². The molecule has 0 aliphatic heterocycles. The van der Waals surface area contributed by atoms with Crippen molar-refractivity contribution in [1.82, 2.24) is 9.78 Å². The lowest BCUT2D eigenvalue weighted by molar-refractivity contribution is 0.777. The number of fused-ring (bicyclic) bond motifs is 1. The average molecular weight is 353 g/mol. The normalized spacial score (nSPS) is 10.8. The molecule has 0 fully saturated rings. The molecule has 6 heteroatoms. The van der Waals surface area contributed by atoms with Crippen molar-refractivity contribution in [1.29, 1.82) is 5.26 Å². The summed E-state index contributed by atoms with van der Waals surface area (Å²) in [7, 11) is 1.86. The minimum atomic E-state index is 0.637. The molecule has 1 aromatic carbocycles. The van der Waals surface area contributed by atoms with Gasteiger partial charge in [-0.1, -0.05) is 11.6 Å². The summed E-state index contributed by atoms with van der Waals surface area (Å²) < 4.78 is 3.69. The van der Waals surface area contributed by atoms with Crippen LogP contribution in [0.1, 0.15) is 5.56 Å². The van der Waals surface area contributed by atoms with Gasteiger partial charge in [-0.05, 0) is 34.1 Å². The van der Waals surface area contributed by atoms with Gasteiger partial charge < -0.3 is 0 Å². The molecule has 0 aliphatic carbocycles. The highest BCUT2D eigenvalue weighted by Crippen LogP contribution is 2.41. The van der Waals surface area contributed by atoms with Crippen molar-refractivity contribution in [2.75, 3.05) is 0 Å². The Hall–Kier alpha value is -1.35. The molecule has 0 saturated carbocycles. The molecule has 0 aliphatic rings. The molecule has 2 aromatic heterocycles. The highest BCUT2D eigenvalue weighted by Gasteiger charge is 2.19. The van der Waals surface area contributed by atoms with E-state index >= 15 is 0 Å². The maximum atomic E-state index is 9.45. The molecule has 0 atom stereocenters. The molecule has 0 N–H and O–H groups in total. The maximum absolute atomic E-state index is 9.45. The Balaban J connectivity index is 2.40. The molecule has 0 saturated heterocycles. The second kappa shape index (κ2) is 4.64. The maximum Gasteiger partial charge on any atom is 0.101 e.